The standard InChI is InChI=1S/C23H19F4N5O7S/c1-36-14-5-4-13-18(38-9-8-32(13)22(33)23(25,26)27)20(14)40(34,35)30-21-16-15(39-29-21)10-12(17(24)19(16)37-2)11-31-7-3-6-28-31/h3-7,10H,8-9,11H2,1-2H3,(H,29,30). The first-order valence-electron chi connectivity index (χ1n) is 11.3. The SMILES string of the molecule is COc1ccc2c(c1S(=O)(=O)Nc1noc3cc(Cn4cccn4)c(F)c(OC)c13)OCCN2C(=O)C(F)(F)F. The minimum absolute atomic E-state index is 0.00469. The van der Waals surface area contributed by atoms with Gasteiger partial charge in [0.1, 0.15) is 17.7 Å². The zero-order chi connectivity index (χ0) is 28.8. The molecule has 0 fully saturated rings. The molecule has 0 saturated heterocycles. The highest BCUT2D eigenvalue weighted by Crippen LogP contribution is 2.45. The predicted molar refractivity (Wildman–Crippen MR) is 130 cm³/mol. The van der Waals surface area contributed by atoms with Gasteiger partial charge in [-0.05, 0) is 24.3 Å². The zero-order valence-electron chi connectivity index (χ0n) is 20.7. The molecule has 3 heterocycles. The second-order valence-corrected chi connectivity index (χ2v) is 9.96. The first kappa shape index (κ1) is 27.0. The Morgan fingerprint density at radius 3 is 2.65 bits per heavy atom. The third-order valence-electron chi connectivity index (χ3n) is 5.94. The molecule has 212 valence electrons. The Hall–Kier alpha value is -4.54. The highest BCUT2D eigenvalue weighted by molar-refractivity contribution is 7.93. The zero-order valence-corrected chi connectivity index (χ0v) is 21.5. The molecule has 4 aromatic rings. The smallest absolute Gasteiger partial charge is 0.471 e. The number of benzene rings is 2. The van der Waals surface area contributed by atoms with Crippen molar-refractivity contribution in [3.8, 4) is 17.2 Å². The maximum atomic E-state index is 15.4. The number of ether oxygens (including phenoxy) is 3. The third kappa shape index (κ3) is 4.61. The van der Waals surface area contributed by atoms with Gasteiger partial charge in [0.25, 0.3) is 10.0 Å². The summed E-state index contributed by atoms with van der Waals surface area (Å²) in [5, 5.41) is 7.56. The van der Waals surface area contributed by atoms with Crippen LogP contribution in [0.2, 0.25) is 0 Å². The largest absolute Gasteiger partial charge is 0.495 e. The van der Waals surface area contributed by atoms with Gasteiger partial charge >= 0.3 is 12.1 Å². The van der Waals surface area contributed by atoms with Gasteiger partial charge in [-0.3, -0.25) is 19.1 Å². The Kier molecular flexibility index (Phi) is 6.69. The summed E-state index contributed by atoms with van der Waals surface area (Å²) in [5.74, 6) is -4.74. The number of nitrogens with zero attached hydrogens (tertiary/aromatic N) is 4. The Balaban J connectivity index is 1.59. The number of hydrogen-bond donors (Lipinski definition) is 1. The van der Waals surface area contributed by atoms with Crippen LogP contribution in [0.4, 0.5) is 29.1 Å². The van der Waals surface area contributed by atoms with E-state index in [-0.39, 0.29) is 34.6 Å². The fraction of sp³-hybridized carbons (Fsp3) is 0.261. The molecule has 0 atom stereocenters. The van der Waals surface area contributed by atoms with Crippen molar-refractivity contribution in [3.63, 3.8) is 0 Å². The van der Waals surface area contributed by atoms with E-state index in [1.807, 2.05) is 0 Å². The molecule has 1 aliphatic rings. The maximum absolute atomic E-state index is 15.4. The molecule has 0 unspecified atom stereocenters. The van der Waals surface area contributed by atoms with Gasteiger partial charge in [-0.2, -0.15) is 18.3 Å². The molecule has 1 aliphatic heterocycles. The van der Waals surface area contributed by atoms with Crippen molar-refractivity contribution in [3.05, 3.63) is 48.0 Å². The summed E-state index contributed by atoms with van der Waals surface area (Å²) in [6.45, 7) is -0.907. The molecule has 0 bridgehead atoms. The van der Waals surface area contributed by atoms with Crippen LogP contribution >= 0.6 is 0 Å². The number of alkyl halides is 3. The minimum atomic E-state index is -5.22. The van der Waals surface area contributed by atoms with E-state index >= 15 is 4.39 Å². The lowest BCUT2D eigenvalue weighted by molar-refractivity contribution is -0.170. The maximum Gasteiger partial charge on any atom is 0.471 e. The summed E-state index contributed by atoms with van der Waals surface area (Å²) in [5.41, 5.74) is -0.356. The Morgan fingerprint density at radius 2 is 2.00 bits per heavy atom. The van der Waals surface area contributed by atoms with E-state index in [0.717, 1.165) is 26.4 Å². The number of methoxy groups -OCH3 is 2. The monoisotopic (exact) mass is 585 g/mol. The summed E-state index contributed by atoms with van der Waals surface area (Å²) in [7, 11) is -2.47. The molecule has 2 aromatic carbocycles. The molecule has 1 N–H and O–H groups in total. The summed E-state index contributed by atoms with van der Waals surface area (Å²) in [6.07, 6.45) is -2.11. The predicted octanol–water partition coefficient (Wildman–Crippen LogP) is 3.32. The molecule has 12 nitrogen and oxygen atoms in total. The Bertz CT molecular complexity index is 1700. The molecule has 5 rings (SSSR count). The molecular weight excluding hydrogens is 566 g/mol. The average molecular weight is 585 g/mol. The van der Waals surface area contributed by atoms with Crippen molar-refractivity contribution in [2.24, 2.45) is 0 Å². The van der Waals surface area contributed by atoms with Crippen LogP contribution in [0.15, 0.2) is 46.1 Å². The topological polar surface area (TPSA) is 138 Å². The summed E-state index contributed by atoms with van der Waals surface area (Å²) in [6, 6.07) is 5.09. The number of hydrogen-bond acceptors (Lipinski definition) is 9. The van der Waals surface area contributed by atoms with Crippen LogP contribution in [0, 0.1) is 5.82 Å². The number of sulfonamides is 1. The number of nitrogens with one attached hydrogen (secondary N) is 1. The highest BCUT2D eigenvalue weighted by atomic mass is 32.2. The average Bonchev–Trinajstić information content (AvgIpc) is 3.57. The lowest BCUT2D eigenvalue weighted by Crippen LogP contribution is -2.45. The first-order valence-corrected chi connectivity index (χ1v) is 12.8. The number of anilines is 2. The second-order valence-electron chi connectivity index (χ2n) is 8.34. The van der Waals surface area contributed by atoms with E-state index in [4.69, 9.17) is 18.7 Å². The van der Waals surface area contributed by atoms with Crippen molar-refractivity contribution in [2.45, 2.75) is 17.6 Å². The normalized spacial score (nSPS) is 13.6. The number of carbonyl (C=O) groups is 1. The number of fused-ring (bicyclic) bond motifs is 2. The van der Waals surface area contributed by atoms with Gasteiger partial charge in [0.05, 0.1) is 33.0 Å². The lowest BCUT2D eigenvalue weighted by atomic mass is 10.1. The highest BCUT2D eigenvalue weighted by Gasteiger charge is 2.45. The summed E-state index contributed by atoms with van der Waals surface area (Å²) >= 11 is 0. The molecule has 0 radical (unpaired) electrons. The Morgan fingerprint density at radius 1 is 1.23 bits per heavy atom. The van der Waals surface area contributed by atoms with Crippen LogP contribution in [-0.4, -0.2) is 62.8 Å². The van der Waals surface area contributed by atoms with Crippen LogP contribution in [0.1, 0.15) is 5.56 Å². The van der Waals surface area contributed by atoms with Crippen molar-refractivity contribution in [2.75, 3.05) is 37.0 Å². The van der Waals surface area contributed by atoms with E-state index in [1.54, 1.807) is 12.3 Å². The van der Waals surface area contributed by atoms with Crippen molar-refractivity contribution in [1.82, 2.24) is 14.9 Å². The lowest BCUT2D eigenvalue weighted by Gasteiger charge is -2.31. The second kappa shape index (κ2) is 9.89. The fourth-order valence-electron chi connectivity index (χ4n) is 4.25. The van der Waals surface area contributed by atoms with Gasteiger partial charge in [0, 0.05) is 18.0 Å². The molecule has 0 aliphatic carbocycles. The van der Waals surface area contributed by atoms with E-state index in [1.165, 1.54) is 16.9 Å². The molecule has 2 aromatic heterocycles. The van der Waals surface area contributed by atoms with Crippen LogP contribution in [0.25, 0.3) is 11.0 Å². The van der Waals surface area contributed by atoms with E-state index in [0.29, 0.717) is 4.90 Å². The summed E-state index contributed by atoms with van der Waals surface area (Å²) in [4.78, 5) is 11.7. The third-order valence-corrected chi connectivity index (χ3v) is 7.33. The van der Waals surface area contributed by atoms with E-state index in [2.05, 4.69) is 15.0 Å². The van der Waals surface area contributed by atoms with E-state index < -0.39 is 63.2 Å². The van der Waals surface area contributed by atoms with Gasteiger partial charge in [-0.15, -0.1) is 0 Å². The van der Waals surface area contributed by atoms with Crippen LogP contribution < -0.4 is 23.8 Å². The number of halogens is 4. The first-order chi connectivity index (χ1) is 19.0. The number of rotatable bonds is 7. The van der Waals surface area contributed by atoms with Crippen molar-refractivity contribution in [1.29, 1.82) is 0 Å². The van der Waals surface area contributed by atoms with E-state index in [9.17, 15) is 26.4 Å². The summed E-state index contributed by atoms with van der Waals surface area (Å²) < 4.78 is 107. The molecule has 17 heteroatoms. The van der Waals surface area contributed by atoms with Crippen molar-refractivity contribution >= 4 is 38.4 Å². The fourth-order valence-corrected chi connectivity index (χ4v) is 5.57. The van der Waals surface area contributed by atoms with Gasteiger partial charge in [0.2, 0.25) is 0 Å². The van der Waals surface area contributed by atoms with Gasteiger partial charge < -0.3 is 18.7 Å². The minimum Gasteiger partial charge on any atom is -0.495 e. The molecule has 1 amide bonds. The number of aromatic nitrogens is 3. The molecule has 0 saturated carbocycles. The molecular formula is C23H19F4N5O7S. The molecule has 40 heavy (non-hydrogen) atoms. The molecule has 0 spiro atoms. The van der Waals surface area contributed by atoms with Crippen LogP contribution in [0.3, 0.4) is 0 Å². The van der Waals surface area contributed by atoms with Crippen molar-refractivity contribution < 1.29 is 49.5 Å². The Labute approximate surface area is 223 Å². The van der Waals surface area contributed by atoms with Crippen LogP contribution in [-0.2, 0) is 21.4 Å². The quantitative estimate of drug-likeness (QED) is 0.324. The van der Waals surface area contributed by atoms with Crippen LogP contribution in [0.5, 0.6) is 17.2 Å². The number of carbonyl (C=O) groups excluding carboxylic acids is 1. The van der Waals surface area contributed by atoms with Gasteiger partial charge in [-0.25, -0.2) is 12.8 Å². The van der Waals surface area contributed by atoms with Gasteiger partial charge in [-0.1, -0.05) is 5.16 Å². The number of amides is 1. The van der Waals surface area contributed by atoms with Gasteiger partial charge in [0.15, 0.2) is 33.6 Å².